The summed E-state index contributed by atoms with van der Waals surface area (Å²) in [5, 5.41) is 6.38. The molecule has 0 bridgehead atoms. The van der Waals surface area contributed by atoms with Crippen molar-refractivity contribution in [2.45, 2.75) is 46.6 Å². The first kappa shape index (κ1) is 15.5. The van der Waals surface area contributed by atoms with Crippen LogP contribution in [0.4, 0.5) is 5.69 Å². The van der Waals surface area contributed by atoms with Gasteiger partial charge in [-0.25, -0.2) is 0 Å². The smallest absolute Gasteiger partial charge is 0.253 e. The highest BCUT2D eigenvalue weighted by Crippen LogP contribution is 2.16. The zero-order valence-electron chi connectivity index (χ0n) is 12.5. The number of carbonyl (C=O) groups excluding carboxylic acids is 1. The second-order valence-electron chi connectivity index (χ2n) is 5.12. The minimum Gasteiger partial charge on any atom is -0.384 e. The Bertz CT molecular complexity index is 403. The van der Waals surface area contributed by atoms with Crippen LogP contribution in [-0.4, -0.2) is 18.5 Å². The molecule has 1 aromatic rings. The number of nitrogens with one attached hydrogen (secondary N) is 2. The Kier molecular flexibility index (Phi) is 6.40. The van der Waals surface area contributed by atoms with Gasteiger partial charge in [0.2, 0.25) is 0 Å². The van der Waals surface area contributed by atoms with Crippen molar-refractivity contribution >= 4 is 11.6 Å². The first-order valence-electron chi connectivity index (χ1n) is 7.23. The summed E-state index contributed by atoms with van der Waals surface area (Å²) in [5.74, 6) is 0.492. The Balaban J connectivity index is 2.76. The molecule has 0 saturated heterocycles. The number of hydrogen-bond donors (Lipinski definition) is 2. The van der Waals surface area contributed by atoms with E-state index in [0.29, 0.717) is 5.92 Å². The topological polar surface area (TPSA) is 41.1 Å². The second-order valence-corrected chi connectivity index (χ2v) is 5.12. The number of amides is 1. The van der Waals surface area contributed by atoms with Crippen molar-refractivity contribution in [3.05, 3.63) is 29.8 Å². The highest BCUT2D eigenvalue weighted by Gasteiger charge is 2.16. The van der Waals surface area contributed by atoms with Crippen LogP contribution in [0.5, 0.6) is 0 Å². The van der Waals surface area contributed by atoms with Gasteiger partial charge in [0.25, 0.3) is 5.91 Å². The number of benzene rings is 1. The third kappa shape index (κ3) is 4.58. The van der Waals surface area contributed by atoms with Gasteiger partial charge in [-0.15, -0.1) is 0 Å². The van der Waals surface area contributed by atoms with Crippen LogP contribution in [0, 0.1) is 5.92 Å². The van der Waals surface area contributed by atoms with Gasteiger partial charge in [-0.3, -0.25) is 4.79 Å². The van der Waals surface area contributed by atoms with E-state index in [4.69, 9.17) is 0 Å². The lowest BCUT2D eigenvalue weighted by Crippen LogP contribution is -2.37. The largest absolute Gasteiger partial charge is 0.384 e. The van der Waals surface area contributed by atoms with E-state index in [1.54, 1.807) is 0 Å². The maximum Gasteiger partial charge on any atom is 0.253 e. The van der Waals surface area contributed by atoms with Gasteiger partial charge < -0.3 is 10.6 Å². The maximum absolute atomic E-state index is 12.3. The molecule has 106 valence electrons. The molecule has 2 N–H and O–H groups in total. The molecule has 1 rings (SSSR count). The van der Waals surface area contributed by atoms with E-state index in [-0.39, 0.29) is 11.9 Å². The zero-order valence-corrected chi connectivity index (χ0v) is 12.5. The Hall–Kier alpha value is -1.51. The lowest BCUT2D eigenvalue weighted by molar-refractivity contribution is 0.0929. The van der Waals surface area contributed by atoms with Gasteiger partial charge in [0.15, 0.2) is 0 Å². The van der Waals surface area contributed by atoms with Crippen molar-refractivity contribution in [2.75, 3.05) is 11.9 Å². The standard InChI is InChI=1S/C16H26N2O/c1-5-11-17-15-10-8-7-9-14(15)16(19)18-13(4)12(3)6-2/h7-10,12-13,17H,5-6,11H2,1-4H3,(H,18,19). The monoisotopic (exact) mass is 262 g/mol. The zero-order chi connectivity index (χ0) is 14.3. The molecule has 1 amide bonds. The molecule has 0 radical (unpaired) electrons. The summed E-state index contributed by atoms with van der Waals surface area (Å²) < 4.78 is 0. The van der Waals surface area contributed by atoms with Crippen LogP contribution in [0.1, 0.15) is 50.9 Å². The second kappa shape index (κ2) is 7.82. The maximum atomic E-state index is 12.3. The fourth-order valence-electron chi connectivity index (χ4n) is 1.88. The van der Waals surface area contributed by atoms with Gasteiger partial charge in [-0.1, -0.05) is 39.3 Å². The lowest BCUT2D eigenvalue weighted by atomic mass is 10.0. The molecule has 19 heavy (non-hydrogen) atoms. The molecule has 0 fully saturated rings. The molecule has 1 aromatic carbocycles. The minimum atomic E-state index is 0.00648. The van der Waals surface area contributed by atoms with E-state index in [1.807, 2.05) is 24.3 Å². The average molecular weight is 262 g/mol. The van der Waals surface area contributed by atoms with Crippen LogP contribution >= 0.6 is 0 Å². The van der Waals surface area contributed by atoms with Crippen LogP contribution in [0.25, 0.3) is 0 Å². The lowest BCUT2D eigenvalue weighted by Gasteiger charge is -2.21. The van der Waals surface area contributed by atoms with Crippen molar-refractivity contribution in [2.24, 2.45) is 5.92 Å². The molecule has 0 spiro atoms. The van der Waals surface area contributed by atoms with Crippen LogP contribution in [0.3, 0.4) is 0 Å². The van der Waals surface area contributed by atoms with Crippen LogP contribution in [-0.2, 0) is 0 Å². The summed E-state index contributed by atoms with van der Waals surface area (Å²) in [6.07, 6.45) is 2.11. The Morgan fingerprint density at radius 1 is 1.21 bits per heavy atom. The van der Waals surface area contributed by atoms with Crippen molar-refractivity contribution in [1.29, 1.82) is 0 Å². The normalized spacial score (nSPS) is 13.7. The van der Waals surface area contributed by atoms with E-state index in [0.717, 1.165) is 30.6 Å². The van der Waals surface area contributed by atoms with Gasteiger partial charge in [0, 0.05) is 18.3 Å². The molecule has 3 heteroatoms. The van der Waals surface area contributed by atoms with E-state index >= 15 is 0 Å². The number of carbonyl (C=O) groups is 1. The van der Waals surface area contributed by atoms with Gasteiger partial charge in [0.05, 0.1) is 5.56 Å². The molecule has 0 saturated carbocycles. The van der Waals surface area contributed by atoms with E-state index in [9.17, 15) is 4.79 Å². The summed E-state index contributed by atoms with van der Waals surface area (Å²) in [4.78, 5) is 12.3. The molecule has 0 aliphatic heterocycles. The third-order valence-corrected chi connectivity index (χ3v) is 3.59. The molecular weight excluding hydrogens is 236 g/mol. The third-order valence-electron chi connectivity index (χ3n) is 3.59. The predicted molar refractivity (Wildman–Crippen MR) is 81.6 cm³/mol. The quantitative estimate of drug-likeness (QED) is 0.787. The molecule has 0 heterocycles. The van der Waals surface area contributed by atoms with Gasteiger partial charge in [-0.05, 0) is 31.4 Å². The average Bonchev–Trinajstić information content (AvgIpc) is 2.44. The highest BCUT2D eigenvalue weighted by atomic mass is 16.1. The summed E-state index contributed by atoms with van der Waals surface area (Å²) in [7, 11) is 0. The number of rotatable bonds is 7. The highest BCUT2D eigenvalue weighted by molar-refractivity contribution is 5.99. The first-order valence-corrected chi connectivity index (χ1v) is 7.23. The first-order chi connectivity index (χ1) is 9.10. The summed E-state index contributed by atoms with van der Waals surface area (Å²) >= 11 is 0. The summed E-state index contributed by atoms with van der Waals surface area (Å²) in [6, 6.07) is 7.87. The van der Waals surface area contributed by atoms with Gasteiger partial charge in [-0.2, -0.15) is 0 Å². The van der Waals surface area contributed by atoms with Gasteiger partial charge in [0.1, 0.15) is 0 Å². The van der Waals surface area contributed by atoms with Crippen LogP contribution < -0.4 is 10.6 Å². The van der Waals surface area contributed by atoms with Crippen molar-refractivity contribution in [3.8, 4) is 0 Å². The Morgan fingerprint density at radius 2 is 1.89 bits per heavy atom. The van der Waals surface area contributed by atoms with Crippen molar-refractivity contribution in [1.82, 2.24) is 5.32 Å². The summed E-state index contributed by atoms with van der Waals surface area (Å²) in [6.45, 7) is 9.36. The summed E-state index contributed by atoms with van der Waals surface area (Å²) in [5.41, 5.74) is 1.64. The van der Waals surface area contributed by atoms with Gasteiger partial charge >= 0.3 is 0 Å². The molecule has 2 unspecified atom stereocenters. The fraction of sp³-hybridized carbons (Fsp3) is 0.562. The number of anilines is 1. The fourth-order valence-corrected chi connectivity index (χ4v) is 1.88. The minimum absolute atomic E-state index is 0.00648. The van der Waals surface area contributed by atoms with E-state index in [2.05, 4.69) is 38.3 Å². The number of para-hydroxylation sites is 1. The van der Waals surface area contributed by atoms with Crippen molar-refractivity contribution < 1.29 is 4.79 Å². The Morgan fingerprint density at radius 3 is 2.53 bits per heavy atom. The van der Waals surface area contributed by atoms with Crippen LogP contribution in [0.15, 0.2) is 24.3 Å². The van der Waals surface area contributed by atoms with E-state index < -0.39 is 0 Å². The molecule has 3 nitrogen and oxygen atoms in total. The molecular formula is C16H26N2O. The molecule has 0 aromatic heterocycles. The SMILES string of the molecule is CCCNc1ccccc1C(=O)NC(C)C(C)CC. The molecule has 0 aliphatic carbocycles. The molecule has 0 aliphatic rings. The van der Waals surface area contributed by atoms with Crippen LogP contribution in [0.2, 0.25) is 0 Å². The Labute approximate surface area is 116 Å². The van der Waals surface area contributed by atoms with E-state index in [1.165, 1.54) is 0 Å². The molecule has 2 atom stereocenters. The number of hydrogen-bond acceptors (Lipinski definition) is 2. The van der Waals surface area contributed by atoms with Crippen molar-refractivity contribution in [3.63, 3.8) is 0 Å². The predicted octanol–water partition coefficient (Wildman–Crippen LogP) is 3.67.